The van der Waals surface area contributed by atoms with Crippen LogP contribution >= 0.6 is 23.6 Å². The van der Waals surface area contributed by atoms with E-state index >= 15 is 0 Å². The van der Waals surface area contributed by atoms with Crippen molar-refractivity contribution < 1.29 is 4.79 Å². The number of anilines is 1. The number of nitrogens with one attached hydrogen (secondary N) is 2. The molecule has 0 unspecified atom stereocenters. The van der Waals surface area contributed by atoms with Gasteiger partial charge in [-0.05, 0) is 48.3 Å². The largest absolute Gasteiger partial charge is 0.326 e. The van der Waals surface area contributed by atoms with Gasteiger partial charge in [0.2, 0.25) is 5.91 Å². The van der Waals surface area contributed by atoms with E-state index in [9.17, 15) is 4.79 Å². The second-order valence-electron chi connectivity index (χ2n) is 5.15. The Morgan fingerprint density at radius 3 is 3.00 bits per heavy atom. The number of benzene rings is 1. The van der Waals surface area contributed by atoms with Crippen molar-refractivity contribution in [3.63, 3.8) is 0 Å². The number of amides is 1. The Kier molecular flexibility index (Phi) is 4.68. The first kappa shape index (κ1) is 15.6. The molecule has 7 heteroatoms. The van der Waals surface area contributed by atoms with Crippen molar-refractivity contribution in [2.45, 2.75) is 19.9 Å². The molecule has 0 spiro atoms. The minimum Gasteiger partial charge on any atom is -0.326 e. The highest BCUT2D eigenvalue weighted by atomic mass is 32.1. The number of hydrogen-bond acceptors (Lipinski definition) is 4. The molecule has 0 aliphatic rings. The van der Waals surface area contributed by atoms with E-state index in [2.05, 4.69) is 15.5 Å². The van der Waals surface area contributed by atoms with Gasteiger partial charge in [-0.1, -0.05) is 18.2 Å². The summed E-state index contributed by atoms with van der Waals surface area (Å²) in [5.74, 6) is 0.726. The molecule has 2 N–H and O–H groups in total. The van der Waals surface area contributed by atoms with Crippen molar-refractivity contribution in [3.8, 4) is 10.7 Å². The molecule has 23 heavy (non-hydrogen) atoms. The van der Waals surface area contributed by atoms with E-state index in [0.29, 0.717) is 17.7 Å². The predicted molar refractivity (Wildman–Crippen MR) is 95.2 cm³/mol. The SMILES string of the molecule is Cc1cccc(NC(=O)CCn2c(-c3cccs3)n[nH]c2=S)c1. The lowest BCUT2D eigenvalue weighted by Gasteiger charge is -2.08. The van der Waals surface area contributed by atoms with Gasteiger partial charge in [0, 0.05) is 18.7 Å². The molecule has 1 aromatic carbocycles. The van der Waals surface area contributed by atoms with Gasteiger partial charge in [-0.15, -0.1) is 11.3 Å². The number of aromatic amines is 1. The molecule has 5 nitrogen and oxygen atoms in total. The Morgan fingerprint density at radius 1 is 1.39 bits per heavy atom. The summed E-state index contributed by atoms with van der Waals surface area (Å²) in [6, 6.07) is 11.7. The highest BCUT2D eigenvalue weighted by Crippen LogP contribution is 2.23. The second-order valence-corrected chi connectivity index (χ2v) is 6.48. The van der Waals surface area contributed by atoms with Gasteiger partial charge in [-0.2, -0.15) is 5.10 Å². The number of thiophene rings is 1. The van der Waals surface area contributed by atoms with E-state index < -0.39 is 0 Å². The summed E-state index contributed by atoms with van der Waals surface area (Å²) < 4.78 is 2.38. The van der Waals surface area contributed by atoms with Crippen molar-refractivity contribution in [2.24, 2.45) is 0 Å². The fourth-order valence-electron chi connectivity index (χ4n) is 2.28. The maximum Gasteiger partial charge on any atom is 0.226 e. The third kappa shape index (κ3) is 3.75. The molecule has 3 aromatic rings. The molecular weight excluding hydrogens is 328 g/mol. The molecule has 2 heterocycles. The molecule has 0 fully saturated rings. The third-order valence-corrected chi connectivity index (χ3v) is 4.54. The van der Waals surface area contributed by atoms with Crippen molar-refractivity contribution >= 4 is 35.1 Å². The summed E-state index contributed by atoms with van der Waals surface area (Å²) in [5.41, 5.74) is 1.92. The fraction of sp³-hybridized carbons (Fsp3) is 0.188. The van der Waals surface area contributed by atoms with Crippen molar-refractivity contribution in [1.82, 2.24) is 14.8 Å². The van der Waals surface area contributed by atoms with Gasteiger partial charge >= 0.3 is 0 Å². The average Bonchev–Trinajstić information content (AvgIpc) is 3.14. The predicted octanol–water partition coefficient (Wildman–Crippen LogP) is 4.01. The number of rotatable bonds is 5. The summed E-state index contributed by atoms with van der Waals surface area (Å²) in [4.78, 5) is 13.2. The standard InChI is InChI=1S/C16H16N4OS2/c1-11-4-2-5-12(10-11)17-14(21)7-8-20-15(18-19-16(20)22)13-6-3-9-23-13/h2-6,9-10H,7-8H2,1H3,(H,17,21)(H,19,22). The van der Waals surface area contributed by atoms with E-state index in [1.807, 2.05) is 53.3 Å². The number of carbonyl (C=O) groups excluding carboxylic acids is 1. The lowest BCUT2D eigenvalue weighted by Crippen LogP contribution is -2.15. The number of aryl methyl sites for hydroxylation is 1. The number of nitrogens with zero attached hydrogens (tertiary/aromatic N) is 2. The second kappa shape index (κ2) is 6.89. The van der Waals surface area contributed by atoms with Crippen LogP contribution < -0.4 is 5.32 Å². The zero-order chi connectivity index (χ0) is 16.2. The number of hydrogen-bond donors (Lipinski definition) is 2. The number of aromatic nitrogens is 3. The monoisotopic (exact) mass is 344 g/mol. The van der Waals surface area contributed by atoms with Crippen LogP contribution in [0.3, 0.4) is 0 Å². The Labute approximate surface area is 143 Å². The van der Waals surface area contributed by atoms with Gasteiger partial charge in [0.05, 0.1) is 4.88 Å². The van der Waals surface area contributed by atoms with Gasteiger partial charge in [0.25, 0.3) is 0 Å². The van der Waals surface area contributed by atoms with E-state index in [1.165, 1.54) is 0 Å². The maximum absolute atomic E-state index is 12.1. The van der Waals surface area contributed by atoms with Crippen molar-refractivity contribution in [1.29, 1.82) is 0 Å². The molecule has 0 atom stereocenters. The first-order valence-electron chi connectivity index (χ1n) is 7.19. The Balaban J connectivity index is 1.68. The minimum absolute atomic E-state index is 0.0455. The molecule has 0 bridgehead atoms. The normalized spacial score (nSPS) is 10.7. The summed E-state index contributed by atoms with van der Waals surface area (Å²) in [7, 11) is 0. The lowest BCUT2D eigenvalue weighted by atomic mass is 10.2. The van der Waals surface area contributed by atoms with Crippen LogP contribution in [0.1, 0.15) is 12.0 Å². The Morgan fingerprint density at radius 2 is 2.26 bits per heavy atom. The summed E-state index contributed by atoms with van der Waals surface area (Å²) in [6.07, 6.45) is 0.333. The first-order chi connectivity index (χ1) is 11.1. The van der Waals surface area contributed by atoms with Crippen molar-refractivity contribution in [2.75, 3.05) is 5.32 Å². The number of carbonyl (C=O) groups is 1. The fourth-order valence-corrected chi connectivity index (χ4v) is 3.22. The van der Waals surface area contributed by atoms with Crippen LogP contribution in [-0.4, -0.2) is 20.7 Å². The number of H-pyrrole nitrogens is 1. The van der Waals surface area contributed by atoms with Gasteiger partial charge in [-0.3, -0.25) is 14.5 Å². The Hall–Kier alpha value is -2.25. The Bertz CT molecular complexity index is 864. The average molecular weight is 344 g/mol. The van der Waals surface area contributed by atoms with E-state index in [1.54, 1.807) is 11.3 Å². The molecule has 0 saturated heterocycles. The smallest absolute Gasteiger partial charge is 0.226 e. The topological polar surface area (TPSA) is 62.7 Å². The van der Waals surface area contributed by atoms with Gasteiger partial charge in [0.1, 0.15) is 0 Å². The van der Waals surface area contributed by atoms with Crippen LogP contribution in [0.4, 0.5) is 5.69 Å². The zero-order valence-corrected chi connectivity index (χ0v) is 14.2. The molecule has 0 aliphatic heterocycles. The van der Waals surface area contributed by atoms with Crippen LogP contribution in [0.2, 0.25) is 0 Å². The third-order valence-electron chi connectivity index (χ3n) is 3.36. The van der Waals surface area contributed by atoms with Crippen LogP contribution in [0.5, 0.6) is 0 Å². The highest BCUT2D eigenvalue weighted by molar-refractivity contribution is 7.71. The molecule has 0 radical (unpaired) electrons. The lowest BCUT2D eigenvalue weighted by molar-refractivity contribution is -0.116. The zero-order valence-electron chi connectivity index (χ0n) is 12.6. The van der Waals surface area contributed by atoms with Crippen LogP contribution in [0.25, 0.3) is 10.7 Å². The molecule has 0 saturated carbocycles. The summed E-state index contributed by atoms with van der Waals surface area (Å²) in [6.45, 7) is 2.48. The molecular formula is C16H16N4OS2. The van der Waals surface area contributed by atoms with E-state index in [-0.39, 0.29) is 5.91 Å². The molecule has 118 valence electrons. The minimum atomic E-state index is -0.0455. The quantitative estimate of drug-likeness (QED) is 0.688. The van der Waals surface area contributed by atoms with E-state index in [4.69, 9.17) is 12.2 Å². The maximum atomic E-state index is 12.1. The van der Waals surface area contributed by atoms with Crippen molar-refractivity contribution in [3.05, 3.63) is 52.1 Å². The first-order valence-corrected chi connectivity index (χ1v) is 8.48. The summed E-state index contributed by atoms with van der Waals surface area (Å²) >= 11 is 6.86. The van der Waals surface area contributed by atoms with Gasteiger partial charge < -0.3 is 5.32 Å². The summed E-state index contributed by atoms with van der Waals surface area (Å²) in [5, 5.41) is 11.9. The van der Waals surface area contributed by atoms with E-state index in [0.717, 1.165) is 22.0 Å². The van der Waals surface area contributed by atoms with Crippen LogP contribution in [0, 0.1) is 11.7 Å². The molecule has 2 aromatic heterocycles. The van der Waals surface area contributed by atoms with Gasteiger partial charge in [0.15, 0.2) is 10.6 Å². The molecule has 3 rings (SSSR count). The van der Waals surface area contributed by atoms with Crippen LogP contribution in [-0.2, 0) is 11.3 Å². The highest BCUT2D eigenvalue weighted by Gasteiger charge is 2.11. The molecule has 1 amide bonds. The molecule has 0 aliphatic carbocycles. The van der Waals surface area contributed by atoms with Crippen LogP contribution in [0.15, 0.2) is 41.8 Å². The van der Waals surface area contributed by atoms with Gasteiger partial charge in [-0.25, -0.2) is 0 Å².